The van der Waals surface area contributed by atoms with Crippen molar-refractivity contribution in [2.75, 3.05) is 26.0 Å². The number of benzene rings is 2. The Balaban J connectivity index is 0.00000450. The van der Waals surface area contributed by atoms with Crippen molar-refractivity contribution in [3.63, 3.8) is 0 Å². The van der Waals surface area contributed by atoms with Crippen LogP contribution in [-0.2, 0) is 11.2 Å². The summed E-state index contributed by atoms with van der Waals surface area (Å²) < 4.78 is 0.905. The third kappa shape index (κ3) is 9.80. The number of amides is 1. The average Bonchev–Trinajstić information content (AvgIpc) is 2.67. The molecule has 0 heterocycles. The van der Waals surface area contributed by atoms with Crippen LogP contribution in [0.3, 0.4) is 0 Å². The number of carbonyl (C=O) groups is 2. The van der Waals surface area contributed by atoms with Crippen LogP contribution in [0.2, 0.25) is 0 Å². The van der Waals surface area contributed by atoms with Crippen LogP contribution in [0.25, 0.3) is 0 Å². The van der Waals surface area contributed by atoms with Crippen LogP contribution in [0.15, 0.2) is 53.0 Å². The lowest BCUT2D eigenvalue weighted by atomic mass is 10.0. The zero-order valence-corrected chi connectivity index (χ0v) is 20.3. The van der Waals surface area contributed by atoms with Gasteiger partial charge in [0.15, 0.2) is 5.11 Å². The summed E-state index contributed by atoms with van der Waals surface area (Å²) in [5, 5.41) is 5.87. The van der Waals surface area contributed by atoms with Crippen LogP contribution in [0.4, 0.5) is 5.69 Å². The fourth-order valence-electron chi connectivity index (χ4n) is 2.71. The highest BCUT2D eigenvalue weighted by Crippen LogP contribution is 2.13. The van der Waals surface area contributed by atoms with Crippen molar-refractivity contribution < 1.29 is 9.59 Å². The number of ketones is 1. The normalized spacial score (nSPS) is 10.3. The number of Topliss-reactive ketones (excluding diaryl/α,β-unsaturated/α-hetero) is 1. The maximum atomic E-state index is 12.2. The molecule has 0 bridgehead atoms. The number of hydrogen-bond acceptors (Lipinski definition) is 4. The fraction of sp³-hybridized carbons (Fsp3) is 0.318. The molecule has 0 fully saturated rings. The van der Waals surface area contributed by atoms with Gasteiger partial charge >= 0.3 is 0 Å². The van der Waals surface area contributed by atoms with Crippen molar-refractivity contribution in [1.29, 1.82) is 0 Å². The van der Waals surface area contributed by atoms with Gasteiger partial charge in [0, 0.05) is 28.6 Å². The standard InChI is InChI=1S/C22H26BrN3O2S.ClH/c1-26(2)14-4-3-5-20(27)15-16-6-12-19(13-7-16)24-22(29)25-21(28)17-8-10-18(23)11-9-17;/h6-13H,3-5,14-15H2,1-2H3,(H2,24,25,28,29);1H. The van der Waals surface area contributed by atoms with Gasteiger partial charge in [-0.05, 0) is 87.7 Å². The number of nitrogens with zero attached hydrogens (tertiary/aromatic N) is 1. The minimum absolute atomic E-state index is 0. The lowest BCUT2D eigenvalue weighted by molar-refractivity contribution is -0.118. The minimum atomic E-state index is -0.272. The van der Waals surface area contributed by atoms with Crippen LogP contribution in [0, 0.1) is 0 Å². The Morgan fingerprint density at radius 1 is 1.00 bits per heavy atom. The quantitative estimate of drug-likeness (QED) is 0.372. The van der Waals surface area contributed by atoms with Gasteiger partial charge in [0.2, 0.25) is 0 Å². The molecule has 0 spiro atoms. The number of rotatable bonds is 9. The molecule has 2 rings (SSSR count). The van der Waals surface area contributed by atoms with E-state index in [0.29, 0.717) is 18.4 Å². The Bertz CT molecular complexity index is 842. The van der Waals surface area contributed by atoms with Crippen LogP contribution >= 0.6 is 40.6 Å². The van der Waals surface area contributed by atoms with E-state index in [4.69, 9.17) is 12.2 Å². The molecule has 2 N–H and O–H groups in total. The largest absolute Gasteiger partial charge is 0.332 e. The molecule has 2 aromatic rings. The smallest absolute Gasteiger partial charge is 0.257 e. The van der Waals surface area contributed by atoms with Gasteiger partial charge in [-0.1, -0.05) is 28.1 Å². The van der Waals surface area contributed by atoms with Crippen molar-refractivity contribution in [2.24, 2.45) is 0 Å². The Hall–Kier alpha value is -1.80. The van der Waals surface area contributed by atoms with Gasteiger partial charge in [0.25, 0.3) is 5.91 Å². The highest BCUT2D eigenvalue weighted by atomic mass is 79.9. The number of anilines is 1. The first-order valence-corrected chi connectivity index (χ1v) is 10.7. The predicted molar refractivity (Wildman–Crippen MR) is 133 cm³/mol. The van der Waals surface area contributed by atoms with Gasteiger partial charge in [-0.2, -0.15) is 0 Å². The van der Waals surface area contributed by atoms with E-state index >= 15 is 0 Å². The van der Waals surface area contributed by atoms with Gasteiger partial charge in [-0.25, -0.2) is 0 Å². The predicted octanol–water partition coefficient (Wildman–Crippen LogP) is 4.84. The molecule has 2 aromatic carbocycles. The molecule has 0 unspecified atom stereocenters. The van der Waals surface area contributed by atoms with Crippen LogP contribution in [0.5, 0.6) is 0 Å². The molecule has 0 aliphatic rings. The fourth-order valence-corrected chi connectivity index (χ4v) is 3.19. The Morgan fingerprint density at radius 3 is 2.23 bits per heavy atom. The van der Waals surface area contributed by atoms with E-state index in [1.165, 1.54) is 0 Å². The molecule has 162 valence electrons. The molecular formula is C22H27BrClN3O2S. The molecule has 0 saturated heterocycles. The summed E-state index contributed by atoms with van der Waals surface area (Å²) in [6.07, 6.45) is 3.00. The van der Waals surface area contributed by atoms with Crippen molar-refractivity contribution in [2.45, 2.75) is 25.7 Å². The molecule has 1 amide bonds. The number of carbonyl (C=O) groups excluding carboxylic acids is 2. The maximum Gasteiger partial charge on any atom is 0.257 e. The van der Waals surface area contributed by atoms with E-state index in [1.54, 1.807) is 24.3 Å². The molecule has 0 aliphatic heterocycles. The van der Waals surface area contributed by atoms with E-state index in [2.05, 4.69) is 31.5 Å². The Kier molecular flexibility index (Phi) is 11.8. The van der Waals surface area contributed by atoms with E-state index in [9.17, 15) is 9.59 Å². The molecule has 0 saturated carbocycles. The molecule has 0 atom stereocenters. The minimum Gasteiger partial charge on any atom is -0.332 e. The van der Waals surface area contributed by atoms with Crippen molar-refractivity contribution in [3.05, 3.63) is 64.1 Å². The van der Waals surface area contributed by atoms with Gasteiger partial charge in [-0.3, -0.25) is 14.9 Å². The van der Waals surface area contributed by atoms with E-state index < -0.39 is 0 Å². The highest BCUT2D eigenvalue weighted by molar-refractivity contribution is 9.10. The monoisotopic (exact) mass is 511 g/mol. The van der Waals surface area contributed by atoms with E-state index in [1.807, 2.05) is 38.4 Å². The van der Waals surface area contributed by atoms with Gasteiger partial charge in [-0.15, -0.1) is 12.4 Å². The molecule has 0 radical (unpaired) electrons. The average molecular weight is 513 g/mol. The highest BCUT2D eigenvalue weighted by Gasteiger charge is 2.08. The first-order valence-electron chi connectivity index (χ1n) is 9.47. The number of nitrogens with one attached hydrogen (secondary N) is 2. The van der Waals surface area contributed by atoms with Crippen LogP contribution in [0.1, 0.15) is 35.2 Å². The summed E-state index contributed by atoms with van der Waals surface area (Å²) in [5.74, 6) is -0.0202. The molecule has 30 heavy (non-hydrogen) atoms. The summed E-state index contributed by atoms with van der Waals surface area (Å²) in [6.45, 7) is 1.01. The first kappa shape index (κ1) is 26.2. The topological polar surface area (TPSA) is 61.4 Å². The number of hydrogen-bond donors (Lipinski definition) is 2. The summed E-state index contributed by atoms with van der Waals surface area (Å²) in [6, 6.07) is 14.5. The summed E-state index contributed by atoms with van der Waals surface area (Å²) in [7, 11) is 4.07. The zero-order chi connectivity index (χ0) is 21.2. The second kappa shape index (κ2) is 13.5. The molecule has 8 heteroatoms. The van der Waals surface area contributed by atoms with Gasteiger partial charge < -0.3 is 10.2 Å². The molecular weight excluding hydrogens is 486 g/mol. The Labute approximate surface area is 198 Å². The van der Waals surface area contributed by atoms with Gasteiger partial charge in [0.05, 0.1) is 0 Å². The van der Waals surface area contributed by atoms with E-state index in [-0.39, 0.29) is 29.2 Å². The molecule has 0 aromatic heterocycles. The summed E-state index contributed by atoms with van der Waals surface area (Å²) >= 11 is 8.55. The Morgan fingerprint density at radius 2 is 1.63 bits per heavy atom. The summed E-state index contributed by atoms with van der Waals surface area (Å²) in [5.41, 5.74) is 2.25. The van der Waals surface area contributed by atoms with Crippen molar-refractivity contribution in [1.82, 2.24) is 10.2 Å². The van der Waals surface area contributed by atoms with Crippen molar-refractivity contribution >= 4 is 63.0 Å². The molecule has 0 aliphatic carbocycles. The third-order valence-corrected chi connectivity index (χ3v) is 4.99. The molecule has 5 nitrogen and oxygen atoms in total. The maximum absolute atomic E-state index is 12.2. The lowest BCUT2D eigenvalue weighted by Gasteiger charge is -2.10. The van der Waals surface area contributed by atoms with Crippen molar-refractivity contribution in [3.8, 4) is 0 Å². The van der Waals surface area contributed by atoms with E-state index in [0.717, 1.165) is 35.1 Å². The summed E-state index contributed by atoms with van der Waals surface area (Å²) in [4.78, 5) is 26.4. The third-order valence-electron chi connectivity index (χ3n) is 4.26. The SMILES string of the molecule is CN(C)CCCCC(=O)Cc1ccc(NC(=S)NC(=O)c2ccc(Br)cc2)cc1.Cl. The van der Waals surface area contributed by atoms with Gasteiger partial charge in [0.1, 0.15) is 5.78 Å². The first-order chi connectivity index (χ1) is 13.8. The number of unbranched alkanes of at least 4 members (excludes halogenated alkanes) is 1. The lowest BCUT2D eigenvalue weighted by Crippen LogP contribution is -2.34. The van der Waals surface area contributed by atoms with Crippen LogP contribution < -0.4 is 10.6 Å². The second-order valence-electron chi connectivity index (χ2n) is 7.09. The van der Waals surface area contributed by atoms with Crippen LogP contribution in [-0.4, -0.2) is 42.3 Å². The second-order valence-corrected chi connectivity index (χ2v) is 8.41. The zero-order valence-electron chi connectivity index (χ0n) is 17.1. The number of thiocarbonyl (C=S) groups is 1. The number of halogens is 2.